The molecular formula is C15H13Cl2F3O5. The molecule has 25 heavy (non-hydrogen) atoms. The number of esters is 1. The quantitative estimate of drug-likeness (QED) is 0.706. The highest BCUT2D eigenvalue weighted by Crippen LogP contribution is 2.53. The summed E-state index contributed by atoms with van der Waals surface area (Å²) in [7, 11) is 2.53. The van der Waals surface area contributed by atoms with Crippen molar-refractivity contribution >= 4 is 35.2 Å². The van der Waals surface area contributed by atoms with Crippen LogP contribution in [0.2, 0.25) is 10.0 Å². The van der Waals surface area contributed by atoms with Crippen LogP contribution in [0, 0.1) is 0 Å². The minimum atomic E-state index is -4.88. The number of hydrogen-bond donors (Lipinski definition) is 0. The van der Waals surface area contributed by atoms with Gasteiger partial charge in [-0.15, -0.1) is 0 Å². The van der Waals surface area contributed by atoms with Gasteiger partial charge in [0.05, 0.1) is 31.4 Å². The number of alkyl halides is 3. The molecule has 0 saturated heterocycles. The van der Waals surface area contributed by atoms with Crippen molar-refractivity contribution in [3.05, 3.63) is 21.2 Å². The molecule has 5 nitrogen and oxygen atoms in total. The number of carbonyl (C=O) groups excluding carboxylic acids is 1. The van der Waals surface area contributed by atoms with Crippen molar-refractivity contribution < 1.29 is 36.9 Å². The first-order valence-electron chi connectivity index (χ1n) is 6.92. The second-order valence-electron chi connectivity index (χ2n) is 4.80. The number of fused-ring (bicyclic) bond motifs is 1. The fourth-order valence-corrected chi connectivity index (χ4v) is 2.90. The number of hydrogen-bond acceptors (Lipinski definition) is 5. The zero-order valence-electron chi connectivity index (χ0n) is 13.3. The maximum atomic E-state index is 13.3. The molecule has 138 valence electrons. The Hall–Kier alpha value is -1.80. The number of benzene rings is 1. The molecule has 0 N–H and O–H groups in total. The van der Waals surface area contributed by atoms with Crippen molar-refractivity contribution in [3.8, 4) is 17.2 Å². The van der Waals surface area contributed by atoms with E-state index in [4.69, 9.17) is 37.4 Å². The van der Waals surface area contributed by atoms with Crippen LogP contribution in [-0.2, 0) is 9.53 Å². The molecule has 1 atom stereocenters. The summed E-state index contributed by atoms with van der Waals surface area (Å²) in [5.74, 6) is -1.61. The van der Waals surface area contributed by atoms with E-state index in [0.29, 0.717) is 0 Å². The van der Waals surface area contributed by atoms with Crippen molar-refractivity contribution in [1.29, 1.82) is 0 Å². The van der Waals surface area contributed by atoms with Gasteiger partial charge in [-0.25, -0.2) is 4.79 Å². The smallest absolute Gasteiger partial charge is 0.430 e. The van der Waals surface area contributed by atoms with Gasteiger partial charge in [0.1, 0.15) is 5.02 Å². The van der Waals surface area contributed by atoms with Crippen LogP contribution >= 0.6 is 23.2 Å². The van der Waals surface area contributed by atoms with Gasteiger partial charge in [-0.1, -0.05) is 23.2 Å². The third-order valence-electron chi connectivity index (χ3n) is 3.32. The summed E-state index contributed by atoms with van der Waals surface area (Å²) in [6, 6.07) is 0. The Labute approximate surface area is 151 Å². The maximum absolute atomic E-state index is 13.3. The second-order valence-corrected chi connectivity index (χ2v) is 5.55. The van der Waals surface area contributed by atoms with Gasteiger partial charge in [-0.3, -0.25) is 0 Å². The Kier molecular flexibility index (Phi) is 5.63. The first-order valence-corrected chi connectivity index (χ1v) is 7.67. The van der Waals surface area contributed by atoms with Gasteiger partial charge < -0.3 is 18.9 Å². The number of methoxy groups -OCH3 is 2. The predicted octanol–water partition coefficient (Wildman–Crippen LogP) is 4.28. The van der Waals surface area contributed by atoms with Gasteiger partial charge in [-0.05, 0) is 13.0 Å². The van der Waals surface area contributed by atoms with Gasteiger partial charge in [0.2, 0.25) is 6.10 Å². The Balaban J connectivity index is 2.74. The average molecular weight is 401 g/mol. The molecule has 0 aromatic heterocycles. The van der Waals surface area contributed by atoms with Crippen LogP contribution in [0.5, 0.6) is 17.2 Å². The lowest BCUT2D eigenvalue weighted by molar-refractivity contribution is -0.187. The van der Waals surface area contributed by atoms with Crippen LogP contribution in [0.4, 0.5) is 13.2 Å². The third-order valence-corrected chi connectivity index (χ3v) is 4.04. The van der Waals surface area contributed by atoms with Crippen molar-refractivity contribution in [3.63, 3.8) is 0 Å². The Bertz CT molecular complexity index is 731. The summed E-state index contributed by atoms with van der Waals surface area (Å²) < 4.78 is 59.8. The second kappa shape index (κ2) is 7.21. The first-order chi connectivity index (χ1) is 11.7. The number of rotatable bonds is 4. The van der Waals surface area contributed by atoms with Crippen LogP contribution in [0.3, 0.4) is 0 Å². The summed E-state index contributed by atoms with van der Waals surface area (Å²) in [5, 5.41) is -0.367. The zero-order chi connectivity index (χ0) is 18.9. The van der Waals surface area contributed by atoms with E-state index in [1.54, 1.807) is 0 Å². The van der Waals surface area contributed by atoms with Gasteiger partial charge in [0.15, 0.2) is 17.2 Å². The monoisotopic (exact) mass is 400 g/mol. The zero-order valence-corrected chi connectivity index (χ0v) is 14.8. The molecule has 2 rings (SSSR count). The van der Waals surface area contributed by atoms with Crippen molar-refractivity contribution in [2.24, 2.45) is 0 Å². The summed E-state index contributed by atoms with van der Waals surface area (Å²) in [6.07, 6.45) is -6.49. The molecule has 1 aromatic carbocycles. The number of halogens is 5. The SMILES string of the molecule is CCOC(=O)C1=Cc2c(Cl)c(OC)c(OC)c(Cl)c2OC1C(F)(F)F. The Morgan fingerprint density at radius 2 is 1.76 bits per heavy atom. The highest BCUT2D eigenvalue weighted by Gasteiger charge is 2.50. The fourth-order valence-electron chi connectivity index (χ4n) is 2.29. The molecule has 1 aliphatic rings. The fraction of sp³-hybridized carbons (Fsp3) is 0.400. The highest BCUT2D eigenvalue weighted by molar-refractivity contribution is 6.38. The van der Waals surface area contributed by atoms with Gasteiger partial charge in [0.25, 0.3) is 0 Å². The molecule has 0 saturated carbocycles. The lowest BCUT2D eigenvalue weighted by Gasteiger charge is -2.29. The molecule has 1 heterocycles. The number of carbonyl (C=O) groups is 1. The normalized spacial score (nSPS) is 16.5. The van der Waals surface area contributed by atoms with Crippen molar-refractivity contribution in [2.45, 2.75) is 19.2 Å². The molecule has 0 radical (unpaired) electrons. The Morgan fingerprint density at radius 3 is 2.24 bits per heavy atom. The topological polar surface area (TPSA) is 54.0 Å². The molecule has 0 aliphatic carbocycles. The molecule has 1 aliphatic heterocycles. The first kappa shape index (κ1) is 19.5. The predicted molar refractivity (Wildman–Crippen MR) is 84.6 cm³/mol. The van der Waals surface area contributed by atoms with Gasteiger partial charge in [0, 0.05) is 5.56 Å². The van der Waals surface area contributed by atoms with E-state index < -0.39 is 23.8 Å². The van der Waals surface area contributed by atoms with E-state index in [2.05, 4.69) is 4.74 Å². The average Bonchev–Trinajstić information content (AvgIpc) is 2.56. The van der Waals surface area contributed by atoms with E-state index >= 15 is 0 Å². The summed E-state index contributed by atoms with van der Waals surface area (Å²) >= 11 is 12.3. The van der Waals surface area contributed by atoms with Crippen LogP contribution < -0.4 is 14.2 Å². The van der Waals surface area contributed by atoms with Crippen molar-refractivity contribution in [2.75, 3.05) is 20.8 Å². The molecule has 1 unspecified atom stereocenters. The summed E-state index contributed by atoms with van der Waals surface area (Å²) in [5.41, 5.74) is -0.778. The van der Waals surface area contributed by atoms with Crippen LogP contribution in [-0.4, -0.2) is 39.1 Å². The van der Waals surface area contributed by atoms with E-state index in [-0.39, 0.29) is 39.5 Å². The Morgan fingerprint density at radius 1 is 1.20 bits per heavy atom. The standard InChI is InChI=1S/C15H13Cl2F3O5/c1-4-24-14(21)7-5-6-8(16)11(22-2)12(23-3)9(17)10(6)25-13(7)15(18,19)20/h5,13H,4H2,1-3H3. The highest BCUT2D eigenvalue weighted by atomic mass is 35.5. The van der Waals surface area contributed by atoms with E-state index in [1.807, 2.05) is 0 Å². The molecule has 1 aromatic rings. The van der Waals surface area contributed by atoms with Gasteiger partial charge >= 0.3 is 12.1 Å². The third kappa shape index (κ3) is 3.46. The lowest BCUT2D eigenvalue weighted by Crippen LogP contribution is -2.41. The van der Waals surface area contributed by atoms with E-state index in [1.165, 1.54) is 21.1 Å². The summed E-state index contributed by atoms with van der Waals surface area (Å²) in [4.78, 5) is 11.9. The molecule has 10 heteroatoms. The molecule has 0 amide bonds. The van der Waals surface area contributed by atoms with E-state index in [0.717, 1.165) is 6.08 Å². The van der Waals surface area contributed by atoms with Gasteiger partial charge in [-0.2, -0.15) is 13.2 Å². The van der Waals surface area contributed by atoms with Crippen molar-refractivity contribution in [1.82, 2.24) is 0 Å². The van der Waals surface area contributed by atoms with Crippen LogP contribution in [0.1, 0.15) is 12.5 Å². The molecular weight excluding hydrogens is 388 g/mol. The van der Waals surface area contributed by atoms with E-state index in [9.17, 15) is 18.0 Å². The maximum Gasteiger partial charge on any atom is 0.430 e. The number of ether oxygens (including phenoxy) is 4. The summed E-state index contributed by atoms with van der Waals surface area (Å²) in [6.45, 7) is 1.37. The lowest BCUT2D eigenvalue weighted by atomic mass is 10.0. The largest absolute Gasteiger partial charge is 0.491 e. The van der Waals surface area contributed by atoms with Crippen LogP contribution in [0.25, 0.3) is 6.08 Å². The molecule has 0 fully saturated rings. The molecule has 0 bridgehead atoms. The minimum absolute atomic E-state index is 0.00133. The van der Waals surface area contributed by atoms with Crippen LogP contribution in [0.15, 0.2) is 5.57 Å². The molecule has 0 spiro atoms. The minimum Gasteiger partial charge on any atom is -0.491 e.